The summed E-state index contributed by atoms with van der Waals surface area (Å²) >= 11 is 0. The summed E-state index contributed by atoms with van der Waals surface area (Å²) in [5.74, 6) is 4.12. The summed E-state index contributed by atoms with van der Waals surface area (Å²) in [4.78, 5) is 20.2. The molecule has 22 heavy (non-hydrogen) atoms. The van der Waals surface area contributed by atoms with Crippen LogP contribution >= 0.6 is 0 Å². The van der Waals surface area contributed by atoms with Crippen molar-refractivity contribution in [1.82, 2.24) is 5.43 Å². The average molecular weight is 352 g/mol. The van der Waals surface area contributed by atoms with Crippen LogP contribution in [0.15, 0.2) is 0 Å². The molecular formula is C10H25KN4O7. The molecule has 0 fully saturated rings. The quantitative estimate of drug-likeness (QED) is 0.117. The normalized spacial score (nSPS) is 10.5. The van der Waals surface area contributed by atoms with Crippen molar-refractivity contribution in [1.29, 1.82) is 10.8 Å². The SMILES string of the molecule is CC(=O)OCC(C)O.CC(=O)OCC(O)CNN.N#N.[HH].[K+].[OH-]. The van der Waals surface area contributed by atoms with E-state index < -0.39 is 18.2 Å². The predicted octanol–water partition coefficient (Wildman–Crippen LogP) is -4.59. The maximum Gasteiger partial charge on any atom is 1.00 e. The van der Waals surface area contributed by atoms with Crippen molar-refractivity contribution in [2.24, 2.45) is 5.84 Å². The molecule has 2 atom stereocenters. The third kappa shape index (κ3) is 42.7. The van der Waals surface area contributed by atoms with Crippen molar-refractivity contribution in [2.45, 2.75) is 33.0 Å². The standard InChI is InChI=1S/C5H12N2O3.C5H10O3.K.N2.H2O.H2/c1-4(8)10-3-5(9)2-7-6;1-4(6)3-8-5(2)7;;1-2;;/h5,7,9H,2-3,6H2,1H3;4,6H,3H2,1-2H3;;;1H2;1H/q;;+1;;;/p-1. The van der Waals surface area contributed by atoms with E-state index in [1.54, 1.807) is 6.92 Å². The van der Waals surface area contributed by atoms with Gasteiger partial charge in [0.2, 0.25) is 0 Å². The van der Waals surface area contributed by atoms with Crippen LogP contribution < -0.4 is 62.7 Å². The number of nitrogens with one attached hydrogen (secondary N) is 1. The first-order chi connectivity index (χ1) is 9.29. The molecule has 0 aliphatic heterocycles. The summed E-state index contributed by atoms with van der Waals surface area (Å²) in [6.07, 6.45) is -1.28. The van der Waals surface area contributed by atoms with Crippen LogP contribution in [0, 0.1) is 10.8 Å². The van der Waals surface area contributed by atoms with Crippen molar-refractivity contribution in [3.8, 4) is 0 Å². The molecule has 0 bridgehead atoms. The molecule has 128 valence electrons. The number of hydrogen-bond donors (Lipinski definition) is 4. The van der Waals surface area contributed by atoms with E-state index >= 15 is 0 Å². The van der Waals surface area contributed by atoms with Gasteiger partial charge in [-0.2, -0.15) is 0 Å². The van der Waals surface area contributed by atoms with E-state index in [0.29, 0.717) is 0 Å². The van der Waals surface area contributed by atoms with Gasteiger partial charge in [0.15, 0.2) is 0 Å². The molecule has 0 aromatic heterocycles. The number of nitrogens with zero attached hydrogens (tertiary/aromatic N) is 2. The van der Waals surface area contributed by atoms with Gasteiger partial charge in [0.05, 0.1) is 6.10 Å². The topological polar surface area (TPSA) is 209 Å². The van der Waals surface area contributed by atoms with Crippen LogP contribution in [0.25, 0.3) is 0 Å². The second-order valence-electron chi connectivity index (χ2n) is 3.52. The van der Waals surface area contributed by atoms with Gasteiger partial charge in [0.25, 0.3) is 0 Å². The van der Waals surface area contributed by atoms with Gasteiger partial charge in [0.1, 0.15) is 19.3 Å². The molecule has 0 heterocycles. The summed E-state index contributed by atoms with van der Waals surface area (Å²) in [5, 5.41) is 29.4. The Morgan fingerprint density at radius 1 is 1.18 bits per heavy atom. The first-order valence-electron chi connectivity index (χ1n) is 5.55. The van der Waals surface area contributed by atoms with Gasteiger partial charge in [-0.25, -0.2) is 0 Å². The number of rotatable bonds is 6. The minimum Gasteiger partial charge on any atom is -0.870 e. The smallest absolute Gasteiger partial charge is 0.870 e. The van der Waals surface area contributed by atoms with Crippen LogP contribution in [-0.2, 0) is 19.1 Å². The largest absolute Gasteiger partial charge is 1.00 e. The van der Waals surface area contributed by atoms with Crippen molar-refractivity contribution in [2.75, 3.05) is 19.8 Å². The molecule has 11 nitrogen and oxygen atoms in total. The third-order valence-corrected chi connectivity index (χ3v) is 1.36. The Labute approximate surface area is 173 Å². The summed E-state index contributed by atoms with van der Waals surface area (Å²) in [6, 6.07) is 0. The molecule has 2 unspecified atom stereocenters. The summed E-state index contributed by atoms with van der Waals surface area (Å²) in [5.41, 5.74) is 2.25. The van der Waals surface area contributed by atoms with Crippen LogP contribution in [-0.4, -0.2) is 59.6 Å². The Balaban J connectivity index is -0.0000000513. The van der Waals surface area contributed by atoms with Crippen LogP contribution in [0.4, 0.5) is 0 Å². The summed E-state index contributed by atoms with van der Waals surface area (Å²) in [6.45, 7) is 4.44. The number of carbonyl (C=O) groups excluding carboxylic acids is 2. The zero-order valence-electron chi connectivity index (χ0n) is 13.2. The van der Waals surface area contributed by atoms with Gasteiger partial charge in [-0.3, -0.25) is 20.9 Å². The van der Waals surface area contributed by atoms with Gasteiger partial charge < -0.3 is 25.2 Å². The van der Waals surface area contributed by atoms with Gasteiger partial charge in [0, 0.05) is 32.6 Å². The Bertz CT molecular complexity index is 285. The second kappa shape index (κ2) is 25.7. The van der Waals surface area contributed by atoms with Gasteiger partial charge in [-0.05, 0) is 6.92 Å². The Morgan fingerprint density at radius 2 is 1.55 bits per heavy atom. The van der Waals surface area contributed by atoms with Crippen LogP contribution in [0.5, 0.6) is 0 Å². The van der Waals surface area contributed by atoms with E-state index in [2.05, 4.69) is 14.9 Å². The zero-order chi connectivity index (χ0) is 16.6. The number of esters is 2. The molecule has 0 spiro atoms. The summed E-state index contributed by atoms with van der Waals surface area (Å²) < 4.78 is 8.89. The molecule has 0 amide bonds. The molecule has 0 saturated heterocycles. The number of hydrazine groups is 1. The molecule has 12 heteroatoms. The third-order valence-electron chi connectivity index (χ3n) is 1.36. The molecule has 0 saturated carbocycles. The number of nitrogens with two attached hydrogens (primary N) is 1. The molecule has 0 aliphatic rings. The van der Waals surface area contributed by atoms with E-state index in [4.69, 9.17) is 26.8 Å². The van der Waals surface area contributed by atoms with E-state index in [1.807, 2.05) is 0 Å². The van der Waals surface area contributed by atoms with E-state index in [9.17, 15) is 9.59 Å². The van der Waals surface area contributed by atoms with Crippen LogP contribution in [0.3, 0.4) is 0 Å². The molecule has 0 aromatic carbocycles. The minimum absolute atomic E-state index is 0. The fraction of sp³-hybridized carbons (Fsp3) is 0.800. The maximum absolute atomic E-state index is 10.2. The number of ether oxygens (including phenoxy) is 2. The Morgan fingerprint density at radius 3 is 1.77 bits per heavy atom. The molecule has 0 aromatic rings. The molecule has 0 aliphatic carbocycles. The van der Waals surface area contributed by atoms with Gasteiger partial charge in [-0.1, -0.05) is 0 Å². The average Bonchev–Trinajstić information content (AvgIpc) is 2.37. The minimum atomic E-state index is -0.728. The van der Waals surface area contributed by atoms with Crippen LogP contribution in [0.1, 0.15) is 22.2 Å². The number of hydrogen-bond acceptors (Lipinski definition) is 11. The van der Waals surface area contributed by atoms with Crippen molar-refractivity contribution in [3.05, 3.63) is 0 Å². The van der Waals surface area contributed by atoms with E-state index in [1.165, 1.54) is 13.8 Å². The number of carbonyl (C=O) groups is 2. The van der Waals surface area contributed by atoms with Gasteiger partial charge >= 0.3 is 63.3 Å². The molecule has 0 rings (SSSR count). The second-order valence-corrected chi connectivity index (χ2v) is 3.52. The van der Waals surface area contributed by atoms with Crippen molar-refractivity contribution in [3.63, 3.8) is 0 Å². The molecular weight excluding hydrogens is 327 g/mol. The van der Waals surface area contributed by atoms with Crippen molar-refractivity contribution < 1.29 is 87.6 Å². The fourth-order valence-corrected chi connectivity index (χ4v) is 0.646. The van der Waals surface area contributed by atoms with E-state index in [-0.39, 0.29) is 84.0 Å². The monoisotopic (exact) mass is 352 g/mol. The zero-order valence-corrected chi connectivity index (χ0v) is 16.3. The number of aliphatic hydroxyl groups is 2. The molecule has 0 radical (unpaired) electrons. The van der Waals surface area contributed by atoms with Crippen molar-refractivity contribution >= 4 is 11.9 Å². The first kappa shape index (κ1) is 33.4. The Kier molecular flexibility index (Phi) is 39.1. The van der Waals surface area contributed by atoms with E-state index in [0.717, 1.165) is 0 Å². The number of aliphatic hydroxyl groups excluding tert-OH is 2. The fourth-order valence-electron chi connectivity index (χ4n) is 0.646. The Hall–Kier alpha value is -0.204. The van der Waals surface area contributed by atoms with Gasteiger partial charge in [-0.15, -0.1) is 0 Å². The predicted molar refractivity (Wildman–Crippen MR) is 70.6 cm³/mol. The molecule has 6 N–H and O–H groups in total. The maximum atomic E-state index is 10.2. The van der Waals surface area contributed by atoms with Crippen LogP contribution in [0.2, 0.25) is 0 Å². The summed E-state index contributed by atoms with van der Waals surface area (Å²) in [7, 11) is 0. The first-order valence-corrected chi connectivity index (χ1v) is 5.55.